The highest BCUT2D eigenvalue weighted by Crippen LogP contribution is 2.16. The van der Waals surface area contributed by atoms with Crippen LogP contribution in [0.3, 0.4) is 0 Å². The van der Waals surface area contributed by atoms with Crippen molar-refractivity contribution in [3.8, 4) is 5.75 Å². The van der Waals surface area contributed by atoms with E-state index in [0.29, 0.717) is 12.3 Å². The third-order valence-electron chi connectivity index (χ3n) is 3.73. The molecule has 1 fully saturated rings. The molecule has 0 radical (unpaired) electrons. The van der Waals surface area contributed by atoms with Gasteiger partial charge in [-0.25, -0.2) is 0 Å². The fourth-order valence-corrected chi connectivity index (χ4v) is 2.52. The molecule has 0 unspecified atom stereocenters. The Kier molecular flexibility index (Phi) is 5.41. The molecule has 4 heteroatoms. The van der Waals surface area contributed by atoms with Gasteiger partial charge in [0.2, 0.25) is 5.91 Å². The lowest BCUT2D eigenvalue weighted by Gasteiger charge is -2.24. The number of hydrogen-bond acceptors (Lipinski definition) is 3. The third kappa shape index (κ3) is 3.97. The maximum Gasteiger partial charge on any atom is 0.226 e. The Balaban J connectivity index is 1.93. The molecule has 1 aromatic carbocycles. The van der Waals surface area contributed by atoms with Gasteiger partial charge in [0, 0.05) is 25.6 Å². The van der Waals surface area contributed by atoms with Gasteiger partial charge in [-0.1, -0.05) is 12.1 Å². The molecule has 110 valence electrons. The lowest BCUT2D eigenvalue weighted by Crippen LogP contribution is -2.36. The highest BCUT2D eigenvalue weighted by Gasteiger charge is 2.21. The summed E-state index contributed by atoms with van der Waals surface area (Å²) in [6.45, 7) is 5.19. The molecule has 0 bridgehead atoms. The second-order valence-electron chi connectivity index (χ2n) is 5.19. The van der Waals surface area contributed by atoms with Crippen LogP contribution < -0.4 is 4.74 Å². The molecule has 1 aromatic rings. The minimum Gasteiger partial charge on any atom is -0.497 e. The number of hydrogen-bond donors (Lipinski definition) is 0. The topological polar surface area (TPSA) is 38.8 Å². The van der Waals surface area contributed by atoms with E-state index in [1.165, 1.54) is 0 Å². The number of ether oxygens (including phenoxy) is 2. The molecule has 1 heterocycles. The monoisotopic (exact) mass is 277 g/mol. The summed E-state index contributed by atoms with van der Waals surface area (Å²) >= 11 is 0. The van der Waals surface area contributed by atoms with Crippen LogP contribution in [-0.4, -0.2) is 44.2 Å². The summed E-state index contributed by atoms with van der Waals surface area (Å²) in [4.78, 5) is 14.3. The maximum absolute atomic E-state index is 12.4. The highest BCUT2D eigenvalue weighted by atomic mass is 16.5. The maximum atomic E-state index is 12.4. The Morgan fingerprint density at radius 2 is 2.35 bits per heavy atom. The zero-order valence-electron chi connectivity index (χ0n) is 12.3. The number of methoxy groups -OCH3 is 1. The summed E-state index contributed by atoms with van der Waals surface area (Å²) in [7, 11) is 1.64. The largest absolute Gasteiger partial charge is 0.497 e. The van der Waals surface area contributed by atoms with E-state index in [0.717, 1.165) is 44.0 Å². The van der Waals surface area contributed by atoms with Crippen LogP contribution in [0.25, 0.3) is 0 Å². The molecule has 1 atom stereocenters. The van der Waals surface area contributed by atoms with Crippen LogP contribution in [0.4, 0.5) is 0 Å². The van der Waals surface area contributed by atoms with Crippen molar-refractivity contribution in [3.05, 3.63) is 29.8 Å². The molecular formula is C16H23NO3. The SMILES string of the molecule is CCN(C[C@H]1CCOC1)C(=O)Cc1cccc(OC)c1. The summed E-state index contributed by atoms with van der Waals surface area (Å²) in [5.41, 5.74) is 0.996. The summed E-state index contributed by atoms with van der Waals surface area (Å²) in [6.07, 6.45) is 1.49. The fourth-order valence-electron chi connectivity index (χ4n) is 2.52. The van der Waals surface area contributed by atoms with Crippen molar-refractivity contribution in [2.45, 2.75) is 19.8 Å². The van der Waals surface area contributed by atoms with Crippen molar-refractivity contribution < 1.29 is 14.3 Å². The molecule has 0 N–H and O–H groups in total. The molecule has 1 saturated heterocycles. The number of benzene rings is 1. The Bertz CT molecular complexity index is 441. The van der Waals surface area contributed by atoms with Gasteiger partial charge in [0.15, 0.2) is 0 Å². The second kappa shape index (κ2) is 7.29. The van der Waals surface area contributed by atoms with Gasteiger partial charge in [0.25, 0.3) is 0 Å². The summed E-state index contributed by atoms with van der Waals surface area (Å²) in [6, 6.07) is 7.70. The summed E-state index contributed by atoms with van der Waals surface area (Å²) in [5.74, 6) is 1.46. The van der Waals surface area contributed by atoms with Crippen molar-refractivity contribution in [1.29, 1.82) is 0 Å². The van der Waals surface area contributed by atoms with Gasteiger partial charge >= 0.3 is 0 Å². The molecule has 1 aliphatic heterocycles. The first-order valence-electron chi connectivity index (χ1n) is 7.21. The fraction of sp³-hybridized carbons (Fsp3) is 0.562. The molecule has 1 amide bonds. The Morgan fingerprint density at radius 3 is 3.00 bits per heavy atom. The van der Waals surface area contributed by atoms with Crippen molar-refractivity contribution >= 4 is 5.91 Å². The van der Waals surface area contributed by atoms with E-state index in [9.17, 15) is 4.79 Å². The molecule has 0 aliphatic carbocycles. The highest BCUT2D eigenvalue weighted by molar-refractivity contribution is 5.78. The first-order valence-corrected chi connectivity index (χ1v) is 7.21. The minimum atomic E-state index is 0.174. The zero-order chi connectivity index (χ0) is 14.4. The van der Waals surface area contributed by atoms with E-state index in [2.05, 4.69) is 0 Å². The first-order chi connectivity index (χ1) is 9.72. The van der Waals surface area contributed by atoms with Crippen molar-refractivity contribution in [2.75, 3.05) is 33.4 Å². The standard InChI is InChI=1S/C16H23NO3/c1-3-17(11-14-7-8-20-12-14)16(18)10-13-5-4-6-15(9-13)19-2/h4-6,9,14H,3,7-8,10-12H2,1-2H3/t14-/m1/s1. The second-order valence-corrected chi connectivity index (χ2v) is 5.19. The zero-order valence-corrected chi connectivity index (χ0v) is 12.3. The van der Waals surface area contributed by atoms with Crippen molar-refractivity contribution in [1.82, 2.24) is 4.90 Å². The third-order valence-corrected chi connectivity index (χ3v) is 3.73. The number of nitrogens with zero attached hydrogens (tertiary/aromatic N) is 1. The van der Waals surface area contributed by atoms with Gasteiger partial charge in [-0.2, -0.15) is 0 Å². The minimum absolute atomic E-state index is 0.174. The molecular weight excluding hydrogens is 254 g/mol. The van der Waals surface area contributed by atoms with Crippen LogP contribution in [0, 0.1) is 5.92 Å². The number of likely N-dealkylation sites (N-methyl/N-ethyl adjacent to an activating group) is 1. The Morgan fingerprint density at radius 1 is 1.50 bits per heavy atom. The van der Waals surface area contributed by atoms with Crippen LogP contribution in [-0.2, 0) is 16.0 Å². The quantitative estimate of drug-likeness (QED) is 0.799. The molecule has 20 heavy (non-hydrogen) atoms. The number of amides is 1. The van der Waals surface area contributed by atoms with E-state index in [1.807, 2.05) is 36.1 Å². The van der Waals surface area contributed by atoms with Crippen LogP contribution in [0.5, 0.6) is 5.75 Å². The van der Waals surface area contributed by atoms with E-state index in [-0.39, 0.29) is 5.91 Å². The van der Waals surface area contributed by atoms with Gasteiger partial charge in [-0.3, -0.25) is 4.79 Å². The number of carbonyl (C=O) groups is 1. The van der Waals surface area contributed by atoms with Gasteiger partial charge in [0.1, 0.15) is 5.75 Å². The van der Waals surface area contributed by atoms with Crippen LogP contribution >= 0.6 is 0 Å². The van der Waals surface area contributed by atoms with Crippen molar-refractivity contribution in [2.24, 2.45) is 5.92 Å². The smallest absolute Gasteiger partial charge is 0.226 e. The Labute approximate surface area is 120 Å². The van der Waals surface area contributed by atoms with E-state index in [4.69, 9.17) is 9.47 Å². The van der Waals surface area contributed by atoms with E-state index in [1.54, 1.807) is 7.11 Å². The predicted molar refractivity (Wildman–Crippen MR) is 77.9 cm³/mol. The van der Waals surface area contributed by atoms with Crippen molar-refractivity contribution in [3.63, 3.8) is 0 Å². The van der Waals surface area contributed by atoms with E-state index >= 15 is 0 Å². The summed E-state index contributed by atoms with van der Waals surface area (Å²) in [5, 5.41) is 0. The average molecular weight is 277 g/mol. The van der Waals surface area contributed by atoms with Gasteiger partial charge in [0.05, 0.1) is 20.1 Å². The number of carbonyl (C=O) groups excluding carboxylic acids is 1. The van der Waals surface area contributed by atoms with Gasteiger partial charge in [-0.05, 0) is 31.0 Å². The predicted octanol–water partition coefficient (Wildman–Crippen LogP) is 2.12. The van der Waals surface area contributed by atoms with E-state index < -0.39 is 0 Å². The van der Waals surface area contributed by atoms with Gasteiger partial charge in [-0.15, -0.1) is 0 Å². The van der Waals surface area contributed by atoms with Crippen LogP contribution in [0.2, 0.25) is 0 Å². The van der Waals surface area contributed by atoms with Gasteiger partial charge < -0.3 is 14.4 Å². The molecule has 1 aliphatic rings. The first kappa shape index (κ1) is 14.9. The van der Waals surface area contributed by atoms with Crippen LogP contribution in [0.1, 0.15) is 18.9 Å². The van der Waals surface area contributed by atoms with Crippen LogP contribution in [0.15, 0.2) is 24.3 Å². The lowest BCUT2D eigenvalue weighted by atomic mass is 10.1. The molecule has 0 aromatic heterocycles. The molecule has 0 saturated carbocycles. The summed E-state index contributed by atoms with van der Waals surface area (Å²) < 4.78 is 10.6. The normalized spacial score (nSPS) is 18.0. The average Bonchev–Trinajstić information content (AvgIpc) is 2.97. The number of rotatable bonds is 6. The Hall–Kier alpha value is -1.55. The lowest BCUT2D eigenvalue weighted by molar-refractivity contribution is -0.130. The molecule has 4 nitrogen and oxygen atoms in total. The molecule has 2 rings (SSSR count). The molecule has 0 spiro atoms.